The van der Waals surface area contributed by atoms with Gasteiger partial charge in [0, 0.05) is 37.4 Å². The Hall–Kier alpha value is -4.57. The highest BCUT2D eigenvalue weighted by Gasteiger charge is 2.40. The van der Waals surface area contributed by atoms with Crippen molar-refractivity contribution in [1.29, 1.82) is 0 Å². The molecule has 250 valence electrons. The number of hydrogen-bond acceptors (Lipinski definition) is 6. The standard InChI is InChI=1S/C38H46N6O3Si/c1-5-6-7-17-39-29-12-15-32-34(25-29)48(3,4)35-26-30(42-20-8-9-21-42)13-16-33(35)36(32)31-14-11-28(24-27(31)2)37(45)40-18-10-22-43-23-19-41-38(43)44(46)47/h11-16,19,23-26H,5-10,17-18,20-22H2,1-4H3,(H,40,45)/b39-29-. The number of unbranched alkanes of at least 4 members (excludes halogenated alkanes) is 2. The number of aliphatic imine (C=N–C) groups is 1. The lowest BCUT2D eigenvalue weighted by molar-refractivity contribution is -0.396. The van der Waals surface area contributed by atoms with Crippen molar-refractivity contribution in [2.45, 2.75) is 72.0 Å². The number of amides is 1. The fourth-order valence-electron chi connectivity index (χ4n) is 7.24. The number of aromatic nitrogens is 2. The summed E-state index contributed by atoms with van der Waals surface area (Å²) in [6, 6.07) is 13.1. The average Bonchev–Trinajstić information content (AvgIpc) is 3.79. The number of carbonyl (C=O) groups excluding carboxylic acids is 1. The Morgan fingerprint density at radius 1 is 1.06 bits per heavy atom. The summed E-state index contributed by atoms with van der Waals surface area (Å²) < 4.78 is 1.49. The van der Waals surface area contributed by atoms with E-state index < -0.39 is 13.0 Å². The number of aryl methyl sites for hydroxylation is 2. The molecule has 9 nitrogen and oxygen atoms in total. The van der Waals surface area contributed by atoms with E-state index in [-0.39, 0.29) is 11.9 Å². The van der Waals surface area contributed by atoms with E-state index in [0.717, 1.165) is 42.9 Å². The number of nitrogens with one attached hydrogen (secondary N) is 1. The molecule has 0 radical (unpaired) electrons. The number of allylic oxidation sites excluding steroid dienone is 5. The van der Waals surface area contributed by atoms with E-state index >= 15 is 0 Å². The molecule has 48 heavy (non-hydrogen) atoms. The molecular weight excluding hydrogens is 617 g/mol. The fraction of sp³-hybridized carbons (Fsp3) is 0.395. The zero-order valence-electron chi connectivity index (χ0n) is 28.6. The van der Waals surface area contributed by atoms with Crippen LogP contribution in [0.25, 0.3) is 5.57 Å². The van der Waals surface area contributed by atoms with Crippen LogP contribution >= 0.6 is 0 Å². The minimum absolute atomic E-state index is 0.155. The average molecular weight is 663 g/mol. The summed E-state index contributed by atoms with van der Waals surface area (Å²) in [5, 5.41) is 17.0. The molecular formula is C38H46N6O3Si. The predicted molar refractivity (Wildman–Crippen MR) is 197 cm³/mol. The Balaban J connectivity index is 1.30. The molecule has 6 rings (SSSR count). The van der Waals surface area contributed by atoms with E-state index in [1.54, 1.807) is 6.20 Å². The summed E-state index contributed by atoms with van der Waals surface area (Å²) in [7, 11) is -2.08. The summed E-state index contributed by atoms with van der Waals surface area (Å²) in [5.41, 5.74) is 8.95. The van der Waals surface area contributed by atoms with Crippen LogP contribution in [-0.4, -0.2) is 60.3 Å². The van der Waals surface area contributed by atoms with Crippen molar-refractivity contribution < 1.29 is 9.72 Å². The number of fused-ring (bicyclic) bond motifs is 2. The molecule has 1 aromatic heterocycles. The molecule has 3 aromatic rings. The quantitative estimate of drug-likeness (QED) is 0.0982. The number of anilines is 1. The Bertz CT molecular complexity index is 1840. The summed E-state index contributed by atoms with van der Waals surface area (Å²) >= 11 is 0. The summed E-state index contributed by atoms with van der Waals surface area (Å²) in [4.78, 5) is 35.1. The Kier molecular flexibility index (Phi) is 9.91. The molecule has 10 heteroatoms. The molecule has 3 aliphatic rings. The zero-order valence-corrected chi connectivity index (χ0v) is 29.6. The Morgan fingerprint density at radius 3 is 2.60 bits per heavy atom. The SMILES string of the molecule is CCCCC/N=C1/C=CC2=C(c3ccc(C(=O)NCCCn4ccnc4[N+](=O)[O-])cc3C)c3ccc(N4CCCC4)cc3[Si](C)(C)C2=C1. The molecule has 0 bridgehead atoms. The molecule has 1 saturated heterocycles. The lowest BCUT2D eigenvalue weighted by Gasteiger charge is -2.39. The summed E-state index contributed by atoms with van der Waals surface area (Å²) in [6.07, 6.45) is 16.3. The second-order valence-corrected chi connectivity index (χ2v) is 17.9. The molecule has 2 aliphatic heterocycles. The molecule has 3 heterocycles. The van der Waals surface area contributed by atoms with Crippen LogP contribution in [0, 0.1) is 17.0 Å². The van der Waals surface area contributed by atoms with Gasteiger partial charge in [-0.3, -0.25) is 9.79 Å². The zero-order chi connectivity index (χ0) is 33.8. The van der Waals surface area contributed by atoms with Gasteiger partial charge in [0.05, 0.1) is 12.3 Å². The van der Waals surface area contributed by atoms with E-state index in [9.17, 15) is 14.9 Å². The van der Waals surface area contributed by atoms with Crippen LogP contribution in [0.3, 0.4) is 0 Å². The van der Waals surface area contributed by atoms with Crippen molar-refractivity contribution in [3.05, 3.63) is 110 Å². The van der Waals surface area contributed by atoms with Crippen LogP contribution in [-0.2, 0) is 6.54 Å². The van der Waals surface area contributed by atoms with Gasteiger partial charge in [0.25, 0.3) is 5.91 Å². The highest BCUT2D eigenvalue weighted by atomic mass is 28.3. The minimum atomic E-state index is -2.08. The first-order valence-electron chi connectivity index (χ1n) is 17.3. The number of rotatable bonds is 12. The Labute approximate surface area is 284 Å². The second-order valence-electron chi connectivity index (χ2n) is 13.6. The molecule has 0 saturated carbocycles. The van der Waals surface area contributed by atoms with E-state index in [1.807, 2.05) is 12.1 Å². The largest absolute Gasteiger partial charge is 0.434 e. The third-order valence-corrected chi connectivity index (χ3v) is 13.4. The maximum atomic E-state index is 13.2. The van der Waals surface area contributed by atoms with Crippen molar-refractivity contribution in [3.63, 3.8) is 0 Å². The van der Waals surface area contributed by atoms with Crippen molar-refractivity contribution in [2.75, 3.05) is 31.1 Å². The third kappa shape index (κ3) is 6.71. The third-order valence-electron chi connectivity index (χ3n) is 9.90. The normalized spacial score (nSPS) is 17.4. The number of imidazole rings is 1. The van der Waals surface area contributed by atoms with E-state index in [1.165, 1.54) is 69.2 Å². The Morgan fingerprint density at radius 2 is 1.85 bits per heavy atom. The van der Waals surface area contributed by atoms with Gasteiger partial charge in [-0.25, -0.2) is 4.57 Å². The van der Waals surface area contributed by atoms with Crippen LogP contribution in [0.2, 0.25) is 13.1 Å². The first-order chi connectivity index (χ1) is 23.2. The topological polar surface area (TPSA) is 106 Å². The van der Waals surface area contributed by atoms with Gasteiger partial charge in [-0.05, 0) is 112 Å². The van der Waals surface area contributed by atoms with E-state index in [0.29, 0.717) is 25.1 Å². The second kappa shape index (κ2) is 14.3. The van der Waals surface area contributed by atoms with Crippen molar-refractivity contribution >= 4 is 42.1 Å². The molecule has 0 spiro atoms. The maximum Gasteiger partial charge on any atom is 0.434 e. The van der Waals surface area contributed by atoms with Crippen molar-refractivity contribution in [1.82, 2.24) is 14.9 Å². The molecule has 2 aromatic carbocycles. The highest BCUT2D eigenvalue weighted by Crippen LogP contribution is 2.43. The maximum absolute atomic E-state index is 13.2. The molecule has 1 N–H and O–H groups in total. The number of nitrogens with zero attached hydrogens (tertiary/aromatic N) is 5. The fourth-order valence-corrected chi connectivity index (χ4v) is 10.3. The summed E-state index contributed by atoms with van der Waals surface area (Å²) in [5.74, 6) is -0.343. The van der Waals surface area contributed by atoms with Gasteiger partial charge >= 0.3 is 5.95 Å². The minimum Gasteiger partial charge on any atom is -0.390 e. The van der Waals surface area contributed by atoms with Crippen LogP contribution < -0.4 is 15.4 Å². The van der Waals surface area contributed by atoms with Gasteiger partial charge in [-0.2, -0.15) is 0 Å². The number of hydrogen-bond donors (Lipinski definition) is 1. The van der Waals surface area contributed by atoms with Crippen LogP contribution in [0.5, 0.6) is 0 Å². The van der Waals surface area contributed by atoms with Crippen molar-refractivity contribution in [2.24, 2.45) is 4.99 Å². The lowest BCUT2D eigenvalue weighted by Crippen LogP contribution is -2.49. The van der Waals surface area contributed by atoms with Gasteiger partial charge < -0.3 is 20.3 Å². The monoisotopic (exact) mass is 662 g/mol. The lowest BCUT2D eigenvalue weighted by atomic mass is 9.87. The van der Waals surface area contributed by atoms with Crippen LogP contribution in [0.15, 0.2) is 82.8 Å². The van der Waals surface area contributed by atoms with Gasteiger partial charge in [0.2, 0.25) is 0 Å². The predicted octanol–water partition coefficient (Wildman–Crippen LogP) is 6.92. The van der Waals surface area contributed by atoms with Gasteiger partial charge in [-0.15, -0.1) is 0 Å². The molecule has 0 unspecified atom stereocenters. The number of carbonyl (C=O) groups is 1. The van der Waals surface area contributed by atoms with E-state index in [4.69, 9.17) is 4.99 Å². The van der Waals surface area contributed by atoms with E-state index in [2.05, 4.69) is 84.6 Å². The molecule has 1 fully saturated rings. The first kappa shape index (κ1) is 33.3. The molecule has 1 amide bonds. The van der Waals surface area contributed by atoms with Gasteiger partial charge in [0.1, 0.15) is 20.5 Å². The van der Waals surface area contributed by atoms with Crippen LogP contribution in [0.4, 0.5) is 11.6 Å². The summed E-state index contributed by atoms with van der Waals surface area (Å²) in [6.45, 7) is 13.1. The van der Waals surface area contributed by atoms with Crippen LogP contribution in [0.1, 0.15) is 72.5 Å². The number of nitro groups is 1. The highest BCUT2D eigenvalue weighted by molar-refractivity contribution is 6.98. The number of benzene rings is 2. The van der Waals surface area contributed by atoms with Gasteiger partial charge in [-0.1, -0.05) is 56.1 Å². The molecule has 0 atom stereocenters. The van der Waals surface area contributed by atoms with Gasteiger partial charge in [0.15, 0.2) is 0 Å². The smallest absolute Gasteiger partial charge is 0.390 e. The van der Waals surface area contributed by atoms with Crippen molar-refractivity contribution in [3.8, 4) is 0 Å². The molecule has 1 aliphatic carbocycles. The first-order valence-corrected chi connectivity index (χ1v) is 20.3.